The fourth-order valence-electron chi connectivity index (χ4n) is 2.76. The number of anilines is 1. The molecule has 1 amide bonds. The smallest absolute Gasteiger partial charge is 0.241 e. The van der Waals surface area contributed by atoms with Crippen molar-refractivity contribution < 1.29 is 13.2 Å². The van der Waals surface area contributed by atoms with Crippen LogP contribution in [0.5, 0.6) is 0 Å². The first-order valence-electron chi connectivity index (χ1n) is 7.66. The first kappa shape index (κ1) is 20.9. The second-order valence-electron chi connectivity index (χ2n) is 5.86. The molecule has 1 aromatic rings. The molecule has 4 N–H and O–H groups in total. The number of nitrogens with one attached hydrogen (secondary N) is 2. The van der Waals surface area contributed by atoms with Crippen LogP contribution in [-0.2, 0) is 14.8 Å². The summed E-state index contributed by atoms with van der Waals surface area (Å²) in [6.45, 7) is 3.56. The molecule has 2 rings (SSSR count). The first-order chi connectivity index (χ1) is 10.8. The molecule has 24 heavy (non-hydrogen) atoms. The molecular weight excluding hydrogens is 352 g/mol. The highest BCUT2D eigenvalue weighted by molar-refractivity contribution is 7.89. The van der Waals surface area contributed by atoms with Gasteiger partial charge in [0.15, 0.2) is 0 Å². The lowest BCUT2D eigenvalue weighted by Gasteiger charge is -2.35. The standard InChI is InChI=1S/C15H24N4O3S.ClH/c1-11(19-8-4-6-13(10-19)17-2)15(20)18-12-5-3-7-14(9-12)23(16,21)22;/h3,5,7,9,11,13,17H,4,6,8,10H2,1-2H3,(H,18,20)(H2,16,21,22);1H. The minimum absolute atomic E-state index is 0. The topological polar surface area (TPSA) is 105 Å². The summed E-state index contributed by atoms with van der Waals surface area (Å²) in [5.41, 5.74) is 0.426. The Morgan fingerprint density at radius 3 is 2.75 bits per heavy atom. The predicted molar refractivity (Wildman–Crippen MR) is 96.8 cm³/mol. The molecule has 0 aromatic heterocycles. The highest BCUT2D eigenvalue weighted by Crippen LogP contribution is 2.17. The Balaban J connectivity index is 0.00000288. The zero-order valence-corrected chi connectivity index (χ0v) is 15.5. The van der Waals surface area contributed by atoms with E-state index in [2.05, 4.69) is 15.5 Å². The second-order valence-corrected chi connectivity index (χ2v) is 7.42. The molecule has 0 bridgehead atoms. The van der Waals surface area contributed by atoms with E-state index in [-0.39, 0.29) is 29.3 Å². The van der Waals surface area contributed by atoms with Crippen LogP contribution in [0.4, 0.5) is 5.69 Å². The first-order valence-corrected chi connectivity index (χ1v) is 9.21. The van der Waals surface area contributed by atoms with Gasteiger partial charge in [-0.2, -0.15) is 0 Å². The lowest BCUT2D eigenvalue weighted by atomic mass is 10.0. The SMILES string of the molecule is CNC1CCCN(C(C)C(=O)Nc2cccc(S(N)(=O)=O)c2)C1.Cl. The van der Waals surface area contributed by atoms with Gasteiger partial charge in [-0.3, -0.25) is 9.69 Å². The lowest BCUT2D eigenvalue weighted by Crippen LogP contribution is -2.51. The fourth-order valence-corrected chi connectivity index (χ4v) is 3.32. The molecule has 7 nitrogen and oxygen atoms in total. The van der Waals surface area contributed by atoms with E-state index in [4.69, 9.17) is 5.14 Å². The van der Waals surface area contributed by atoms with Crippen molar-refractivity contribution in [1.29, 1.82) is 0 Å². The van der Waals surface area contributed by atoms with Crippen molar-refractivity contribution in [2.24, 2.45) is 5.14 Å². The number of likely N-dealkylation sites (tertiary alicyclic amines) is 1. The lowest BCUT2D eigenvalue weighted by molar-refractivity contribution is -0.121. The fraction of sp³-hybridized carbons (Fsp3) is 0.533. The zero-order chi connectivity index (χ0) is 17.0. The van der Waals surface area contributed by atoms with E-state index >= 15 is 0 Å². The molecule has 0 aliphatic carbocycles. The van der Waals surface area contributed by atoms with Gasteiger partial charge in [0.2, 0.25) is 15.9 Å². The molecule has 1 saturated heterocycles. The van der Waals surface area contributed by atoms with Crippen LogP contribution in [0, 0.1) is 0 Å². The van der Waals surface area contributed by atoms with Gasteiger partial charge in [0.25, 0.3) is 0 Å². The molecule has 2 unspecified atom stereocenters. The van der Waals surface area contributed by atoms with E-state index < -0.39 is 10.0 Å². The van der Waals surface area contributed by atoms with Crippen molar-refractivity contribution >= 4 is 34.0 Å². The third-order valence-corrected chi connectivity index (χ3v) is 5.13. The molecule has 0 saturated carbocycles. The zero-order valence-electron chi connectivity index (χ0n) is 13.9. The Morgan fingerprint density at radius 1 is 1.42 bits per heavy atom. The number of rotatable bonds is 5. The van der Waals surface area contributed by atoms with Crippen LogP contribution in [0.15, 0.2) is 29.2 Å². The summed E-state index contributed by atoms with van der Waals surface area (Å²) in [4.78, 5) is 14.5. The number of carbonyl (C=O) groups excluding carboxylic acids is 1. The highest BCUT2D eigenvalue weighted by atomic mass is 35.5. The van der Waals surface area contributed by atoms with E-state index in [0.29, 0.717) is 11.7 Å². The molecule has 136 valence electrons. The molecule has 1 aromatic carbocycles. The summed E-state index contributed by atoms with van der Waals surface area (Å²) in [5, 5.41) is 11.1. The Labute approximate surface area is 149 Å². The van der Waals surface area contributed by atoms with Gasteiger partial charge in [-0.15, -0.1) is 12.4 Å². The van der Waals surface area contributed by atoms with Gasteiger partial charge in [0.1, 0.15) is 0 Å². The monoisotopic (exact) mass is 376 g/mol. The van der Waals surface area contributed by atoms with Crippen molar-refractivity contribution in [3.8, 4) is 0 Å². The quantitative estimate of drug-likeness (QED) is 0.704. The molecule has 1 heterocycles. The van der Waals surface area contributed by atoms with Crippen molar-refractivity contribution in [2.45, 2.75) is 36.7 Å². The van der Waals surface area contributed by atoms with Gasteiger partial charge in [-0.25, -0.2) is 13.6 Å². The van der Waals surface area contributed by atoms with Crippen LogP contribution in [0.1, 0.15) is 19.8 Å². The minimum atomic E-state index is -3.78. The van der Waals surface area contributed by atoms with E-state index in [1.807, 2.05) is 14.0 Å². The van der Waals surface area contributed by atoms with Crippen LogP contribution >= 0.6 is 12.4 Å². The number of benzene rings is 1. The van der Waals surface area contributed by atoms with E-state index in [1.54, 1.807) is 12.1 Å². The van der Waals surface area contributed by atoms with Crippen LogP contribution in [0.3, 0.4) is 0 Å². The van der Waals surface area contributed by atoms with Crippen molar-refractivity contribution in [1.82, 2.24) is 10.2 Å². The maximum atomic E-state index is 12.4. The summed E-state index contributed by atoms with van der Waals surface area (Å²) < 4.78 is 22.7. The van der Waals surface area contributed by atoms with Crippen molar-refractivity contribution in [2.75, 3.05) is 25.5 Å². The Hall–Kier alpha value is -1.19. The largest absolute Gasteiger partial charge is 0.325 e. The normalized spacial score (nSPS) is 20.0. The van der Waals surface area contributed by atoms with Gasteiger partial charge >= 0.3 is 0 Å². The van der Waals surface area contributed by atoms with E-state index in [9.17, 15) is 13.2 Å². The summed E-state index contributed by atoms with van der Waals surface area (Å²) in [6.07, 6.45) is 2.15. The van der Waals surface area contributed by atoms with Gasteiger partial charge in [0, 0.05) is 18.3 Å². The number of sulfonamides is 1. The molecule has 1 aliphatic heterocycles. The van der Waals surface area contributed by atoms with Crippen molar-refractivity contribution in [3.05, 3.63) is 24.3 Å². The van der Waals surface area contributed by atoms with Crippen LogP contribution < -0.4 is 15.8 Å². The average molecular weight is 377 g/mol. The van der Waals surface area contributed by atoms with Gasteiger partial charge in [0.05, 0.1) is 10.9 Å². The van der Waals surface area contributed by atoms with Crippen LogP contribution in [-0.4, -0.2) is 51.4 Å². The number of hydrogen-bond donors (Lipinski definition) is 3. The molecule has 2 atom stereocenters. The molecule has 1 aliphatic rings. The molecule has 9 heteroatoms. The Kier molecular flexibility index (Phi) is 7.62. The number of primary sulfonamides is 1. The number of nitrogens with two attached hydrogens (primary N) is 1. The predicted octanol–water partition coefficient (Wildman–Crippen LogP) is 0.767. The third-order valence-electron chi connectivity index (χ3n) is 4.22. The molecule has 1 fully saturated rings. The Bertz CT molecular complexity index is 668. The van der Waals surface area contributed by atoms with Crippen LogP contribution in [0.25, 0.3) is 0 Å². The van der Waals surface area contributed by atoms with Crippen LogP contribution in [0.2, 0.25) is 0 Å². The minimum Gasteiger partial charge on any atom is -0.325 e. The summed E-state index contributed by atoms with van der Waals surface area (Å²) in [7, 11) is -1.85. The maximum absolute atomic E-state index is 12.4. The second kappa shape index (κ2) is 8.77. The molecule has 0 spiro atoms. The number of piperidine rings is 1. The maximum Gasteiger partial charge on any atom is 0.241 e. The van der Waals surface area contributed by atoms with Gasteiger partial charge < -0.3 is 10.6 Å². The Morgan fingerprint density at radius 2 is 2.12 bits per heavy atom. The number of amides is 1. The number of hydrogen-bond acceptors (Lipinski definition) is 5. The highest BCUT2D eigenvalue weighted by Gasteiger charge is 2.26. The number of halogens is 1. The summed E-state index contributed by atoms with van der Waals surface area (Å²) in [6, 6.07) is 6.07. The van der Waals surface area contributed by atoms with E-state index in [0.717, 1.165) is 25.9 Å². The number of nitrogens with zero attached hydrogens (tertiary/aromatic N) is 1. The molecular formula is C15H25ClN4O3S. The van der Waals surface area contributed by atoms with Gasteiger partial charge in [-0.05, 0) is 51.6 Å². The number of likely N-dealkylation sites (N-methyl/N-ethyl adjacent to an activating group) is 1. The third kappa shape index (κ3) is 5.42. The van der Waals surface area contributed by atoms with Crippen molar-refractivity contribution in [3.63, 3.8) is 0 Å². The van der Waals surface area contributed by atoms with E-state index in [1.165, 1.54) is 12.1 Å². The summed E-state index contributed by atoms with van der Waals surface area (Å²) >= 11 is 0. The summed E-state index contributed by atoms with van der Waals surface area (Å²) in [5.74, 6) is -0.159. The number of carbonyl (C=O) groups is 1. The molecule has 0 radical (unpaired) electrons. The van der Waals surface area contributed by atoms with Gasteiger partial charge in [-0.1, -0.05) is 6.07 Å². The average Bonchev–Trinajstić information content (AvgIpc) is 2.53.